The van der Waals surface area contributed by atoms with E-state index < -0.39 is 0 Å². The van der Waals surface area contributed by atoms with E-state index in [1.165, 1.54) is 33.4 Å². The molecule has 0 N–H and O–H groups in total. The van der Waals surface area contributed by atoms with Crippen molar-refractivity contribution >= 4 is 68.1 Å². The summed E-state index contributed by atoms with van der Waals surface area (Å²) < 4.78 is 0. The van der Waals surface area contributed by atoms with Crippen molar-refractivity contribution < 1.29 is 0 Å². The number of aryl methyl sites for hydroxylation is 4. The van der Waals surface area contributed by atoms with Crippen LogP contribution in [0.15, 0.2) is 249 Å². The van der Waals surface area contributed by atoms with Crippen molar-refractivity contribution in [3.8, 4) is 0 Å². The molecule has 9 aromatic carbocycles. The fourth-order valence-electron chi connectivity index (χ4n) is 9.42. The first kappa shape index (κ1) is 44.5. The van der Waals surface area contributed by atoms with Gasteiger partial charge < -0.3 is 19.6 Å². The Morgan fingerprint density at radius 1 is 0.304 bits per heavy atom. The number of rotatable bonds is 13. The molecule has 4 heteroatoms. The maximum absolute atomic E-state index is 2.48. The first-order valence-corrected chi connectivity index (χ1v) is 24.0. The Hall–Kier alpha value is -8.34. The number of anilines is 11. The molecule has 4 nitrogen and oxygen atoms in total. The first-order chi connectivity index (χ1) is 33.7. The minimum Gasteiger partial charge on any atom is -0.332 e. The Bertz CT molecular complexity index is 3090. The summed E-state index contributed by atoms with van der Waals surface area (Å²) in [5.41, 5.74) is 19.4. The van der Waals surface area contributed by atoms with Gasteiger partial charge >= 0.3 is 0 Å². The van der Waals surface area contributed by atoms with E-state index in [-0.39, 0.29) is 5.54 Å². The molecule has 1 unspecified atom stereocenters. The van der Waals surface area contributed by atoms with E-state index in [2.05, 4.69) is 303 Å². The SMILES string of the molecule is Cc1ccc(N(c2ccc(C)cc2)c2ccc(N(c3ccccc3)c3ccc(C4=CCC(C)(N(c5ccccc5)c5ccc(N(c6ccc(C)cc6)c6ccc(C)cc6)cc5)C=C4)cc3)cc2)cc1. The van der Waals surface area contributed by atoms with Crippen LogP contribution in [0.1, 0.15) is 41.2 Å². The van der Waals surface area contributed by atoms with E-state index in [4.69, 9.17) is 0 Å². The van der Waals surface area contributed by atoms with Crippen molar-refractivity contribution in [1.29, 1.82) is 0 Å². The van der Waals surface area contributed by atoms with Crippen LogP contribution in [0.2, 0.25) is 0 Å². The summed E-state index contributed by atoms with van der Waals surface area (Å²) in [6, 6.07) is 83.4. The van der Waals surface area contributed by atoms with Gasteiger partial charge in [-0.3, -0.25) is 0 Å². The standard InChI is InChI=1S/C65H58N4/c1-48-16-26-55(27-17-48)67(56-28-18-49(2)19-29-56)61-38-36-60(37-39-61)66(54-12-8-6-9-13-54)59-34-24-52(25-35-59)53-44-46-65(5,47-45-53)69(63-14-10-7-11-15-63)64-42-40-62(41-43-64)68(57-30-20-50(3)21-31-57)58-32-22-51(4)23-33-58/h6-46H,47H2,1-5H3. The highest BCUT2D eigenvalue weighted by Gasteiger charge is 2.32. The lowest BCUT2D eigenvalue weighted by Crippen LogP contribution is -2.42. The molecule has 0 saturated heterocycles. The quantitative estimate of drug-likeness (QED) is 0.114. The average Bonchev–Trinajstić information content (AvgIpc) is 3.38. The molecule has 1 atom stereocenters. The van der Waals surface area contributed by atoms with E-state index >= 15 is 0 Å². The van der Waals surface area contributed by atoms with Crippen LogP contribution in [0.5, 0.6) is 0 Å². The summed E-state index contributed by atoms with van der Waals surface area (Å²) in [6.45, 7) is 10.9. The van der Waals surface area contributed by atoms with Crippen LogP contribution < -0.4 is 19.6 Å². The number of allylic oxidation sites excluding steroid dienone is 2. The second-order valence-electron chi connectivity index (χ2n) is 18.5. The molecule has 0 bridgehead atoms. The normalized spacial score (nSPS) is 14.2. The molecule has 10 rings (SSSR count). The van der Waals surface area contributed by atoms with E-state index in [0.717, 1.165) is 69.0 Å². The smallest absolute Gasteiger partial charge is 0.0643 e. The predicted octanol–water partition coefficient (Wildman–Crippen LogP) is 18.3. The van der Waals surface area contributed by atoms with Crippen LogP contribution in [-0.2, 0) is 0 Å². The summed E-state index contributed by atoms with van der Waals surface area (Å²) in [4.78, 5) is 9.47. The van der Waals surface area contributed by atoms with Gasteiger partial charge in [-0.25, -0.2) is 0 Å². The molecule has 9 aromatic rings. The molecular formula is C65H58N4. The van der Waals surface area contributed by atoms with Gasteiger partial charge in [0, 0.05) is 62.6 Å². The molecule has 0 aromatic heterocycles. The Kier molecular flexibility index (Phi) is 12.6. The molecule has 0 aliphatic heterocycles. The molecule has 1 aliphatic carbocycles. The van der Waals surface area contributed by atoms with Crippen LogP contribution in [0.4, 0.5) is 62.6 Å². The number of nitrogens with zero attached hydrogens (tertiary/aromatic N) is 4. The summed E-state index contributed by atoms with van der Waals surface area (Å²) >= 11 is 0. The van der Waals surface area contributed by atoms with Gasteiger partial charge in [0.15, 0.2) is 0 Å². The monoisotopic (exact) mass is 894 g/mol. The van der Waals surface area contributed by atoms with E-state index in [1.807, 2.05) is 0 Å². The van der Waals surface area contributed by atoms with Crippen molar-refractivity contribution in [1.82, 2.24) is 0 Å². The Morgan fingerprint density at radius 3 is 0.884 bits per heavy atom. The molecular weight excluding hydrogens is 837 g/mol. The van der Waals surface area contributed by atoms with Crippen LogP contribution >= 0.6 is 0 Å². The van der Waals surface area contributed by atoms with E-state index in [9.17, 15) is 0 Å². The van der Waals surface area contributed by atoms with E-state index in [0.29, 0.717) is 0 Å². The largest absolute Gasteiger partial charge is 0.332 e. The van der Waals surface area contributed by atoms with Crippen molar-refractivity contribution in [2.24, 2.45) is 0 Å². The van der Waals surface area contributed by atoms with Crippen molar-refractivity contribution in [2.45, 2.75) is 46.6 Å². The third-order valence-electron chi connectivity index (χ3n) is 13.3. The molecule has 0 saturated carbocycles. The second-order valence-corrected chi connectivity index (χ2v) is 18.5. The molecule has 0 amide bonds. The zero-order valence-electron chi connectivity index (χ0n) is 40.2. The molecule has 1 aliphatic rings. The minimum atomic E-state index is -0.315. The lowest BCUT2D eigenvalue weighted by Gasteiger charge is -2.42. The molecule has 0 spiro atoms. The molecule has 338 valence electrons. The Morgan fingerprint density at radius 2 is 0.565 bits per heavy atom. The summed E-state index contributed by atoms with van der Waals surface area (Å²) in [5, 5.41) is 0. The van der Waals surface area contributed by atoms with Crippen LogP contribution in [0, 0.1) is 27.7 Å². The number of para-hydroxylation sites is 2. The zero-order chi connectivity index (χ0) is 47.3. The third-order valence-corrected chi connectivity index (χ3v) is 13.3. The summed E-state index contributed by atoms with van der Waals surface area (Å²) in [7, 11) is 0. The maximum atomic E-state index is 2.48. The highest BCUT2D eigenvalue weighted by atomic mass is 15.2. The Labute approximate surface area is 409 Å². The fourth-order valence-corrected chi connectivity index (χ4v) is 9.42. The van der Waals surface area contributed by atoms with Gasteiger partial charge in [-0.05, 0) is 186 Å². The summed E-state index contributed by atoms with van der Waals surface area (Å²) in [5.74, 6) is 0. The highest BCUT2D eigenvalue weighted by molar-refractivity contribution is 5.84. The maximum Gasteiger partial charge on any atom is 0.0643 e. The lowest BCUT2D eigenvalue weighted by molar-refractivity contribution is 0.571. The third kappa shape index (κ3) is 9.61. The fraction of sp³-hybridized carbons (Fsp3) is 0.108. The van der Waals surface area contributed by atoms with Gasteiger partial charge in [-0.15, -0.1) is 0 Å². The topological polar surface area (TPSA) is 13.0 Å². The van der Waals surface area contributed by atoms with Gasteiger partial charge in [0.2, 0.25) is 0 Å². The van der Waals surface area contributed by atoms with Gasteiger partial charge in [0.25, 0.3) is 0 Å². The van der Waals surface area contributed by atoms with Gasteiger partial charge in [0.1, 0.15) is 0 Å². The minimum absolute atomic E-state index is 0.315. The Balaban J connectivity index is 0.920. The van der Waals surface area contributed by atoms with Gasteiger partial charge in [-0.1, -0.05) is 138 Å². The highest BCUT2D eigenvalue weighted by Crippen LogP contribution is 2.44. The predicted molar refractivity (Wildman–Crippen MR) is 295 cm³/mol. The zero-order valence-corrected chi connectivity index (χ0v) is 40.2. The molecule has 0 heterocycles. The number of hydrogen-bond acceptors (Lipinski definition) is 4. The molecule has 69 heavy (non-hydrogen) atoms. The van der Waals surface area contributed by atoms with Crippen LogP contribution in [0.25, 0.3) is 5.57 Å². The molecule has 0 radical (unpaired) electrons. The van der Waals surface area contributed by atoms with Gasteiger partial charge in [-0.2, -0.15) is 0 Å². The number of benzene rings is 9. The average molecular weight is 895 g/mol. The van der Waals surface area contributed by atoms with E-state index in [1.54, 1.807) is 0 Å². The van der Waals surface area contributed by atoms with Crippen LogP contribution in [0.3, 0.4) is 0 Å². The van der Waals surface area contributed by atoms with Gasteiger partial charge in [0.05, 0.1) is 5.54 Å². The van der Waals surface area contributed by atoms with Crippen molar-refractivity contribution in [2.75, 3.05) is 19.6 Å². The van der Waals surface area contributed by atoms with Crippen molar-refractivity contribution in [3.05, 3.63) is 277 Å². The summed E-state index contributed by atoms with van der Waals surface area (Å²) in [6.07, 6.45) is 7.93. The number of hydrogen-bond donors (Lipinski definition) is 0. The van der Waals surface area contributed by atoms with Crippen LogP contribution in [-0.4, -0.2) is 5.54 Å². The lowest BCUT2D eigenvalue weighted by atomic mass is 9.85. The van der Waals surface area contributed by atoms with Crippen molar-refractivity contribution in [3.63, 3.8) is 0 Å². The second kappa shape index (κ2) is 19.5. The molecule has 0 fully saturated rings. The first-order valence-electron chi connectivity index (χ1n) is 24.0.